The van der Waals surface area contributed by atoms with Gasteiger partial charge in [0.2, 0.25) is 0 Å². The highest BCUT2D eigenvalue weighted by atomic mass is 32.2. The predicted molar refractivity (Wildman–Crippen MR) is 74.0 cm³/mol. The molecule has 0 aliphatic carbocycles. The first-order valence-electron chi connectivity index (χ1n) is 6.19. The molecule has 5 nitrogen and oxygen atoms in total. The Hall–Kier alpha value is -0.850. The van der Waals surface area contributed by atoms with Gasteiger partial charge in [-0.05, 0) is 20.1 Å². The average molecular weight is 268 g/mol. The van der Waals surface area contributed by atoms with Crippen LogP contribution in [0, 0.1) is 0 Å². The fourth-order valence-corrected chi connectivity index (χ4v) is 2.87. The molecule has 0 amide bonds. The largest absolute Gasteiger partial charge is 0.309 e. The lowest BCUT2D eigenvalue weighted by Crippen LogP contribution is -2.53. The van der Waals surface area contributed by atoms with E-state index in [-0.39, 0.29) is 5.56 Å². The number of aromatic nitrogens is 2. The van der Waals surface area contributed by atoms with Crippen molar-refractivity contribution in [2.45, 2.75) is 37.6 Å². The number of thioether (sulfide) groups is 1. The highest BCUT2D eigenvalue weighted by Gasteiger charge is 2.21. The fourth-order valence-electron chi connectivity index (χ4n) is 2.46. The van der Waals surface area contributed by atoms with E-state index in [1.807, 2.05) is 6.26 Å². The highest BCUT2D eigenvalue weighted by molar-refractivity contribution is 7.98. The first kappa shape index (κ1) is 13.6. The summed E-state index contributed by atoms with van der Waals surface area (Å²) in [6, 6.07) is 2.56. The molecular weight excluding hydrogens is 248 g/mol. The van der Waals surface area contributed by atoms with Crippen LogP contribution in [0.4, 0.5) is 0 Å². The van der Waals surface area contributed by atoms with E-state index in [4.69, 9.17) is 0 Å². The normalized spacial score (nSPS) is 25.3. The monoisotopic (exact) mass is 268 g/mol. The van der Waals surface area contributed by atoms with Crippen molar-refractivity contribution in [3.63, 3.8) is 0 Å². The molecular formula is C12H20N4OS. The minimum absolute atomic E-state index is 0.0689. The van der Waals surface area contributed by atoms with Crippen LogP contribution in [-0.2, 0) is 6.54 Å². The molecule has 2 unspecified atom stereocenters. The molecule has 18 heavy (non-hydrogen) atoms. The van der Waals surface area contributed by atoms with Crippen LogP contribution in [0.5, 0.6) is 0 Å². The minimum Gasteiger partial charge on any atom is -0.309 e. The van der Waals surface area contributed by atoms with Crippen molar-refractivity contribution < 1.29 is 0 Å². The van der Waals surface area contributed by atoms with E-state index < -0.39 is 0 Å². The smallest absolute Gasteiger partial charge is 0.251 e. The number of nitrogens with zero attached hydrogens (tertiary/aromatic N) is 2. The zero-order valence-electron chi connectivity index (χ0n) is 11.1. The van der Waals surface area contributed by atoms with E-state index in [1.165, 1.54) is 11.8 Å². The molecule has 2 atom stereocenters. The highest BCUT2D eigenvalue weighted by Crippen LogP contribution is 2.10. The molecule has 0 spiro atoms. The van der Waals surface area contributed by atoms with E-state index >= 15 is 0 Å². The zero-order chi connectivity index (χ0) is 13.1. The number of hydrogen-bond donors (Lipinski definition) is 2. The van der Waals surface area contributed by atoms with Crippen molar-refractivity contribution in [3.05, 3.63) is 22.1 Å². The Bertz CT molecular complexity index is 452. The van der Waals surface area contributed by atoms with Gasteiger partial charge in [-0.3, -0.25) is 9.69 Å². The second-order valence-corrected chi connectivity index (χ2v) is 5.70. The summed E-state index contributed by atoms with van der Waals surface area (Å²) in [7, 11) is 0. The maximum absolute atomic E-state index is 11.5. The summed E-state index contributed by atoms with van der Waals surface area (Å²) in [6.07, 6.45) is 1.91. The molecule has 100 valence electrons. The molecule has 2 rings (SSSR count). The maximum atomic E-state index is 11.5. The SMILES string of the molecule is CSc1nc(CN2CC(C)NC(C)C2)cc(=O)[nH]1. The third kappa shape index (κ3) is 3.57. The number of nitrogens with one attached hydrogen (secondary N) is 2. The second-order valence-electron chi connectivity index (χ2n) is 4.91. The van der Waals surface area contributed by atoms with E-state index in [0.29, 0.717) is 17.2 Å². The molecule has 0 aromatic carbocycles. The summed E-state index contributed by atoms with van der Waals surface area (Å²) >= 11 is 1.46. The standard InChI is InChI=1S/C12H20N4OS/c1-8-5-16(6-9(2)13-8)7-10-4-11(17)15-12(14-10)18-3/h4,8-9,13H,5-7H2,1-3H3,(H,14,15,17). The van der Waals surface area contributed by atoms with Crippen molar-refractivity contribution in [2.75, 3.05) is 19.3 Å². The van der Waals surface area contributed by atoms with Crippen LogP contribution in [-0.4, -0.2) is 46.3 Å². The van der Waals surface area contributed by atoms with Crippen molar-refractivity contribution in [2.24, 2.45) is 0 Å². The van der Waals surface area contributed by atoms with Gasteiger partial charge in [-0.15, -0.1) is 0 Å². The van der Waals surface area contributed by atoms with Gasteiger partial charge in [-0.2, -0.15) is 0 Å². The molecule has 1 saturated heterocycles. The van der Waals surface area contributed by atoms with Crippen molar-refractivity contribution >= 4 is 11.8 Å². The first-order valence-corrected chi connectivity index (χ1v) is 7.42. The van der Waals surface area contributed by atoms with Crippen LogP contribution in [0.15, 0.2) is 16.0 Å². The maximum Gasteiger partial charge on any atom is 0.251 e. The zero-order valence-corrected chi connectivity index (χ0v) is 11.9. The van der Waals surface area contributed by atoms with Gasteiger partial charge in [0, 0.05) is 37.8 Å². The molecule has 1 aliphatic heterocycles. The third-order valence-corrected chi connectivity index (χ3v) is 3.57. The van der Waals surface area contributed by atoms with Gasteiger partial charge < -0.3 is 10.3 Å². The van der Waals surface area contributed by atoms with Crippen LogP contribution < -0.4 is 10.9 Å². The number of hydrogen-bond acceptors (Lipinski definition) is 5. The van der Waals surface area contributed by atoms with E-state index in [2.05, 4.69) is 34.0 Å². The molecule has 2 heterocycles. The molecule has 1 aromatic heterocycles. The number of H-pyrrole nitrogens is 1. The summed E-state index contributed by atoms with van der Waals surface area (Å²) in [6.45, 7) is 7.09. The van der Waals surface area contributed by atoms with E-state index in [1.54, 1.807) is 6.07 Å². The Balaban J connectivity index is 2.08. The summed E-state index contributed by atoms with van der Waals surface area (Å²) in [5.41, 5.74) is 0.782. The average Bonchev–Trinajstić information content (AvgIpc) is 2.26. The van der Waals surface area contributed by atoms with Gasteiger partial charge in [0.1, 0.15) is 0 Å². The summed E-state index contributed by atoms with van der Waals surface area (Å²) in [4.78, 5) is 21.0. The summed E-state index contributed by atoms with van der Waals surface area (Å²) in [5.74, 6) is 0. The van der Waals surface area contributed by atoms with E-state index in [9.17, 15) is 4.79 Å². The first-order chi connectivity index (χ1) is 8.56. The lowest BCUT2D eigenvalue weighted by atomic mass is 10.1. The Kier molecular flexibility index (Phi) is 4.42. The number of piperazine rings is 1. The van der Waals surface area contributed by atoms with Crippen LogP contribution in [0.3, 0.4) is 0 Å². The third-order valence-electron chi connectivity index (χ3n) is 2.99. The molecule has 1 aliphatic rings. The molecule has 1 fully saturated rings. The van der Waals surface area contributed by atoms with Crippen LogP contribution >= 0.6 is 11.8 Å². The van der Waals surface area contributed by atoms with Crippen LogP contribution in [0.1, 0.15) is 19.5 Å². The Morgan fingerprint density at radius 2 is 2.11 bits per heavy atom. The van der Waals surface area contributed by atoms with Crippen molar-refractivity contribution in [1.29, 1.82) is 0 Å². The van der Waals surface area contributed by atoms with Gasteiger partial charge in [0.05, 0.1) is 5.69 Å². The molecule has 2 N–H and O–H groups in total. The van der Waals surface area contributed by atoms with Gasteiger partial charge in [-0.25, -0.2) is 4.98 Å². The van der Waals surface area contributed by atoms with Gasteiger partial charge >= 0.3 is 0 Å². The summed E-state index contributed by atoms with van der Waals surface area (Å²) in [5, 5.41) is 4.18. The lowest BCUT2D eigenvalue weighted by molar-refractivity contribution is 0.164. The number of aromatic amines is 1. The van der Waals surface area contributed by atoms with E-state index in [0.717, 1.165) is 25.3 Å². The van der Waals surface area contributed by atoms with Crippen LogP contribution in [0.2, 0.25) is 0 Å². The van der Waals surface area contributed by atoms with Gasteiger partial charge in [-0.1, -0.05) is 11.8 Å². The Morgan fingerprint density at radius 1 is 1.44 bits per heavy atom. The van der Waals surface area contributed by atoms with Gasteiger partial charge in [0.25, 0.3) is 5.56 Å². The molecule has 0 saturated carbocycles. The van der Waals surface area contributed by atoms with Crippen LogP contribution in [0.25, 0.3) is 0 Å². The van der Waals surface area contributed by atoms with Crippen molar-refractivity contribution in [3.8, 4) is 0 Å². The second kappa shape index (κ2) is 5.86. The predicted octanol–water partition coefficient (Wildman–Crippen LogP) is 0.674. The van der Waals surface area contributed by atoms with Gasteiger partial charge in [0.15, 0.2) is 5.16 Å². The number of rotatable bonds is 3. The molecule has 0 bridgehead atoms. The fraction of sp³-hybridized carbons (Fsp3) is 0.667. The molecule has 0 radical (unpaired) electrons. The topological polar surface area (TPSA) is 61.0 Å². The lowest BCUT2D eigenvalue weighted by Gasteiger charge is -2.35. The molecule has 1 aromatic rings. The van der Waals surface area contributed by atoms with Crippen molar-refractivity contribution in [1.82, 2.24) is 20.2 Å². The Labute approximate surface area is 111 Å². The Morgan fingerprint density at radius 3 is 2.72 bits per heavy atom. The minimum atomic E-state index is -0.0689. The molecule has 6 heteroatoms. The summed E-state index contributed by atoms with van der Waals surface area (Å²) < 4.78 is 0. The quantitative estimate of drug-likeness (QED) is 0.623.